The second kappa shape index (κ2) is 7.15. The maximum atomic E-state index is 13.1. The third kappa shape index (κ3) is 3.23. The number of amides is 4. The number of hydrogen-bond acceptors (Lipinski definition) is 4. The molecule has 0 saturated carbocycles. The number of aryl methyl sites for hydroxylation is 1. The number of carbonyl (C=O) groups is 3. The Kier molecular flexibility index (Phi) is 4.70. The van der Waals surface area contributed by atoms with Crippen LogP contribution in [0.1, 0.15) is 28.8 Å². The van der Waals surface area contributed by atoms with Crippen LogP contribution in [0.5, 0.6) is 0 Å². The minimum atomic E-state index is -1.02. The van der Waals surface area contributed by atoms with E-state index >= 15 is 0 Å². The van der Waals surface area contributed by atoms with E-state index in [1.165, 1.54) is 4.88 Å². The molecule has 4 rings (SSSR count). The molecule has 1 aliphatic heterocycles. The van der Waals surface area contributed by atoms with Crippen molar-refractivity contribution in [1.29, 1.82) is 0 Å². The Balaban J connectivity index is 1.44. The highest BCUT2D eigenvalue weighted by Crippen LogP contribution is 2.39. The van der Waals surface area contributed by atoms with E-state index in [0.717, 1.165) is 35.3 Å². The van der Waals surface area contributed by atoms with Crippen molar-refractivity contribution >= 4 is 29.2 Å². The van der Waals surface area contributed by atoms with Gasteiger partial charge in [0.25, 0.3) is 5.91 Å². The van der Waals surface area contributed by atoms with Gasteiger partial charge in [0.1, 0.15) is 12.1 Å². The van der Waals surface area contributed by atoms with Gasteiger partial charge in [0.2, 0.25) is 5.91 Å². The molecule has 4 amide bonds. The molecule has 1 aliphatic carbocycles. The van der Waals surface area contributed by atoms with Gasteiger partial charge in [-0.2, -0.15) is 0 Å². The summed E-state index contributed by atoms with van der Waals surface area (Å²) in [6.45, 7) is 0.232. The third-order valence-electron chi connectivity index (χ3n) is 5.23. The van der Waals surface area contributed by atoms with Crippen LogP contribution in [0, 0.1) is 0 Å². The molecule has 1 spiro atoms. The molecular weight excluding hydrogens is 362 g/mol. The van der Waals surface area contributed by atoms with Crippen molar-refractivity contribution in [2.24, 2.45) is 0 Å². The van der Waals surface area contributed by atoms with Crippen LogP contribution in [-0.4, -0.2) is 35.8 Å². The highest BCUT2D eigenvalue weighted by atomic mass is 32.1. The highest BCUT2D eigenvalue weighted by Gasteiger charge is 2.54. The zero-order valence-corrected chi connectivity index (χ0v) is 15.7. The number of carbonyl (C=O) groups excluding carboxylic acids is 3. The average Bonchev–Trinajstić information content (AvgIpc) is 3.26. The predicted octanol–water partition coefficient (Wildman–Crippen LogP) is 2.19. The molecule has 1 saturated heterocycles. The van der Waals surface area contributed by atoms with Crippen LogP contribution in [0.2, 0.25) is 0 Å². The van der Waals surface area contributed by atoms with Gasteiger partial charge >= 0.3 is 6.03 Å². The first-order valence-electron chi connectivity index (χ1n) is 9.12. The number of thiophene rings is 1. The van der Waals surface area contributed by atoms with E-state index in [-0.39, 0.29) is 18.4 Å². The van der Waals surface area contributed by atoms with E-state index in [1.54, 1.807) is 11.3 Å². The molecule has 7 heteroatoms. The number of hydrogen-bond donors (Lipinski definition) is 2. The van der Waals surface area contributed by atoms with Crippen LogP contribution in [-0.2, 0) is 28.0 Å². The van der Waals surface area contributed by atoms with Crippen molar-refractivity contribution in [2.75, 3.05) is 13.1 Å². The van der Waals surface area contributed by atoms with Gasteiger partial charge in [-0.25, -0.2) is 4.79 Å². The fourth-order valence-corrected chi connectivity index (χ4v) is 4.64. The highest BCUT2D eigenvalue weighted by molar-refractivity contribution is 7.09. The van der Waals surface area contributed by atoms with E-state index < -0.39 is 11.6 Å². The Hall–Kier alpha value is -2.67. The second-order valence-electron chi connectivity index (χ2n) is 6.92. The Bertz CT molecular complexity index is 880. The molecule has 2 N–H and O–H groups in total. The Labute approximate surface area is 161 Å². The number of urea groups is 1. The number of fused-ring (bicyclic) bond motifs is 2. The summed E-state index contributed by atoms with van der Waals surface area (Å²) >= 11 is 1.64. The lowest BCUT2D eigenvalue weighted by Crippen LogP contribution is -2.47. The van der Waals surface area contributed by atoms with Crippen molar-refractivity contribution in [2.45, 2.75) is 31.2 Å². The Morgan fingerprint density at radius 3 is 2.89 bits per heavy atom. The monoisotopic (exact) mass is 383 g/mol. The topological polar surface area (TPSA) is 78.5 Å². The number of imide groups is 1. The quantitative estimate of drug-likeness (QED) is 0.777. The van der Waals surface area contributed by atoms with E-state index in [0.29, 0.717) is 13.0 Å². The first-order chi connectivity index (χ1) is 13.1. The molecule has 2 aromatic rings. The summed E-state index contributed by atoms with van der Waals surface area (Å²) in [5, 5.41) is 7.65. The number of rotatable bonds is 5. The first kappa shape index (κ1) is 17.7. The largest absolute Gasteiger partial charge is 0.354 e. The molecule has 0 unspecified atom stereocenters. The van der Waals surface area contributed by atoms with E-state index in [1.807, 2.05) is 41.8 Å². The van der Waals surface area contributed by atoms with Gasteiger partial charge in [-0.3, -0.25) is 14.5 Å². The SMILES string of the molecule is O=C(CN1C(=O)N[C@@]2(CCCc3ccccc32)C1=O)NCCc1cccs1. The summed E-state index contributed by atoms with van der Waals surface area (Å²) in [5.74, 6) is -0.649. The normalized spacial score (nSPS) is 21.3. The minimum absolute atomic E-state index is 0.251. The van der Waals surface area contributed by atoms with Gasteiger partial charge in [-0.1, -0.05) is 30.3 Å². The zero-order chi connectivity index (χ0) is 18.9. The van der Waals surface area contributed by atoms with Crippen molar-refractivity contribution in [3.8, 4) is 0 Å². The summed E-state index contributed by atoms with van der Waals surface area (Å²) in [7, 11) is 0. The van der Waals surface area contributed by atoms with Crippen LogP contribution in [0.15, 0.2) is 41.8 Å². The zero-order valence-electron chi connectivity index (χ0n) is 14.9. The molecule has 6 nitrogen and oxygen atoms in total. The maximum Gasteiger partial charge on any atom is 0.325 e. The van der Waals surface area contributed by atoms with Crippen LogP contribution >= 0.6 is 11.3 Å². The van der Waals surface area contributed by atoms with Gasteiger partial charge in [0.05, 0.1) is 0 Å². The summed E-state index contributed by atoms with van der Waals surface area (Å²) in [6, 6.07) is 11.2. The molecule has 1 aromatic carbocycles. The molecule has 2 aliphatic rings. The molecule has 140 valence electrons. The smallest absolute Gasteiger partial charge is 0.325 e. The number of nitrogens with one attached hydrogen (secondary N) is 2. The fourth-order valence-electron chi connectivity index (χ4n) is 3.93. The minimum Gasteiger partial charge on any atom is -0.354 e. The Morgan fingerprint density at radius 1 is 1.22 bits per heavy atom. The second-order valence-corrected chi connectivity index (χ2v) is 7.95. The third-order valence-corrected chi connectivity index (χ3v) is 6.16. The number of benzene rings is 1. The van der Waals surface area contributed by atoms with Crippen molar-refractivity contribution in [3.05, 3.63) is 57.8 Å². The lowest BCUT2D eigenvalue weighted by Gasteiger charge is -2.33. The van der Waals surface area contributed by atoms with E-state index in [2.05, 4.69) is 10.6 Å². The van der Waals surface area contributed by atoms with E-state index in [4.69, 9.17) is 0 Å². The van der Waals surface area contributed by atoms with Gasteiger partial charge < -0.3 is 10.6 Å². The van der Waals surface area contributed by atoms with Gasteiger partial charge in [-0.15, -0.1) is 11.3 Å². The van der Waals surface area contributed by atoms with Gasteiger partial charge in [0, 0.05) is 11.4 Å². The molecule has 0 bridgehead atoms. The molecule has 1 atom stereocenters. The summed E-state index contributed by atoms with van der Waals surface area (Å²) in [4.78, 5) is 40.1. The molecule has 27 heavy (non-hydrogen) atoms. The molecule has 0 radical (unpaired) electrons. The van der Waals surface area contributed by atoms with E-state index in [9.17, 15) is 14.4 Å². The molecule has 1 aromatic heterocycles. The molecule has 2 heterocycles. The summed E-state index contributed by atoms with van der Waals surface area (Å²) in [6.07, 6.45) is 3.01. The van der Waals surface area contributed by atoms with Crippen molar-refractivity contribution in [3.63, 3.8) is 0 Å². The lowest BCUT2D eigenvalue weighted by molar-refractivity contribution is -0.135. The summed E-state index contributed by atoms with van der Waals surface area (Å²) in [5.41, 5.74) is 0.915. The predicted molar refractivity (Wildman–Crippen MR) is 102 cm³/mol. The van der Waals surface area contributed by atoms with Gasteiger partial charge in [-0.05, 0) is 48.3 Å². The lowest BCUT2D eigenvalue weighted by atomic mass is 9.76. The van der Waals surface area contributed by atoms with Crippen molar-refractivity contribution < 1.29 is 14.4 Å². The fraction of sp³-hybridized carbons (Fsp3) is 0.350. The molecular formula is C20H21N3O3S. The van der Waals surface area contributed by atoms with Crippen LogP contribution in [0.25, 0.3) is 0 Å². The van der Waals surface area contributed by atoms with Crippen LogP contribution in [0.3, 0.4) is 0 Å². The Morgan fingerprint density at radius 2 is 2.07 bits per heavy atom. The van der Waals surface area contributed by atoms with Crippen LogP contribution in [0.4, 0.5) is 4.79 Å². The maximum absolute atomic E-state index is 13.1. The van der Waals surface area contributed by atoms with Crippen LogP contribution < -0.4 is 10.6 Å². The standard InChI is InChI=1S/C20H21N3O3S/c24-17(21-11-9-15-7-4-12-27-15)13-23-18(25)20(22-19(23)26)10-3-6-14-5-1-2-8-16(14)20/h1-2,4-5,7-8,12H,3,6,9-11,13H2,(H,21,24)(H,22,26)/t20-/m1/s1. The average molecular weight is 383 g/mol. The first-order valence-corrected chi connectivity index (χ1v) is 10.00. The number of nitrogens with zero attached hydrogens (tertiary/aromatic N) is 1. The molecule has 1 fully saturated rings. The summed E-state index contributed by atoms with van der Waals surface area (Å²) < 4.78 is 0. The van der Waals surface area contributed by atoms with Crippen molar-refractivity contribution in [1.82, 2.24) is 15.5 Å². The van der Waals surface area contributed by atoms with Gasteiger partial charge in [0.15, 0.2) is 0 Å².